The van der Waals surface area contributed by atoms with Gasteiger partial charge in [0, 0.05) is 18.0 Å². The number of aryl methyl sites for hydroxylation is 2. The molecule has 1 amide bonds. The lowest BCUT2D eigenvalue weighted by molar-refractivity contribution is -0.119. The average Bonchev–Trinajstić information content (AvgIpc) is 3.49. The summed E-state index contributed by atoms with van der Waals surface area (Å²) in [5.41, 5.74) is 1.81. The molecule has 1 unspecified atom stereocenters. The molecule has 0 bridgehead atoms. The van der Waals surface area contributed by atoms with Crippen LogP contribution in [-0.4, -0.2) is 47.6 Å². The molecule has 2 aliphatic rings. The Morgan fingerprint density at radius 3 is 2.85 bits per heavy atom. The molecule has 3 heterocycles. The van der Waals surface area contributed by atoms with Crippen LogP contribution in [-0.2, 0) is 22.4 Å². The number of nitrogens with one attached hydrogen (secondary N) is 1. The minimum absolute atomic E-state index is 0.0631. The number of hydrogen-bond acceptors (Lipinski definition) is 7. The molecule has 1 aliphatic heterocycles. The highest BCUT2D eigenvalue weighted by molar-refractivity contribution is 7.99. The molecule has 1 atom stereocenters. The van der Waals surface area contributed by atoms with Crippen LogP contribution in [0, 0.1) is 0 Å². The van der Waals surface area contributed by atoms with Gasteiger partial charge >= 0.3 is 0 Å². The van der Waals surface area contributed by atoms with Crippen molar-refractivity contribution >= 4 is 39.2 Å². The maximum Gasteiger partial charge on any atom is 0.267 e. The Bertz CT molecular complexity index is 1210. The zero-order valence-corrected chi connectivity index (χ0v) is 20.2. The molecule has 33 heavy (non-hydrogen) atoms. The van der Waals surface area contributed by atoms with Crippen LogP contribution in [0.2, 0.25) is 0 Å². The lowest BCUT2D eigenvalue weighted by Crippen LogP contribution is -2.33. The van der Waals surface area contributed by atoms with Gasteiger partial charge in [-0.15, -0.1) is 11.3 Å². The van der Waals surface area contributed by atoms with Crippen LogP contribution in [0.25, 0.3) is 15.9 Å². The topological polar surface area (TPSA) is 82.4 Å². The van der Waals surface area contributed by atoms with Gasteiger partial charge in [-0.05, 0) is 68.4 Å². The van der Waals surface area contributed by atoms with Gasteiger partial charge in [0.15, 0.2) is 5.16 Å². The Balaban J connectivity index is 1.47. The Labute approximate surface area is 200 Å². The van der Waals surface area contributed by atoms with Crippen LogP contribution in [0.5, 0.6) is 5.75 Å². The summed E-state index contributed by atoms with van der Waals surface area (Å²) in [6, 6.07) is 7.37. The zero-order chi connectivity index (χ0) is 22.8. The van der Waals surface area contributed by atoms with E-state index in [9.17, 15) is 9.59 Å². The molecule has 5 rings (SSSR count). The number of aromatic nitrogens is 2. The summed E-state index contributed by atoms with van der Waals surface area (Å²) in [5, 5.41) is 4.21. The number of ether oxygens (including phenoxy) is 2. The van der Waals surface area contributed by atoms with Gasteiger partial charge in [-0.3, -0.25) is 14.2 Å². The van der Waals surface area contributed by atoms with Crippen molar-refractivity contribution in [2.45, 2.75) is 49.8 Å². The number of thioether (sulfide) groups is 1. The Morgan fingerprint density at radius 2 is 2.09 bits per heavy atom. The van der Waals surface area contributed by atoms with Gasteiger partial charge < -0.3 is 14.8 Å². The fraction of sp³-hybridized carbons (Fsp3) is 0.458. The second-order valence-electron chi connectivity index (χ2n) is 8.35. The van der Waals surface area contributed by atoms with E-state index in [-0.39, 0.29) is 23.3 Å². The van der Waals surface area contributed by atoms with Gasteiger partial charge in [-0.1, -0.05) is 11.8 Å². The summed E-state index contributed by atoms with van der Waals surface area (Å²) in [7, 11) is 1.61. The second-order valence-corrected chi connectivity index (χ2v) is 10.4. The van der Waals surface area contributed by atoms with E-state index in [1.54, 1.807) is 23.0 Å². The molecular formula is C24H27N3O4S2. The lowest BCUT2D eigenvalue weighted by atomic mass is 9.97. The molecule has 9 heteroatoms. The minimum Gasteiger partial charge on any atom is -0.497 e. The number of nitrogens with zero attached hydrogens (tertiary/aromatic N) is 2. The number of benzene rings is 1. The van der Waals surface area contributed by atoms with E-state index >= 15 is 0 Å². The molecule has 3 aromatic rings. The van der Waals surface area contributed by atoms with Crippen LogP contribution in [0.1, 0.15) is 36.1 Å². The van der Waals surface area contributed by atoms with Crippen molar-refractivity contribution in [3.63, 3.8) is 0 Å². The first-order valence-corrected chi connectivity index (χ1v) is 13.2. The van der Waals surface area contributed by atoms with Crippen molar-refractivity contribution < 1.29 is 14.3 Å². The van der Waals surface area contributed by atoms with Gasteiger partial charge in [0.1, 0.15) is 10.6 Å². The lowest BCUT2D eigenvalue weighted by Gasteiger charge is -2.14. The molecule has 174 valence electrons. The SMILES string of the molecule is COc1ccc(-n2c(SCC(=O)NCC3CCCO3)nc3sc4c(c3c2=O)CCCC4)cc1. The van der Waals surface area contributed by atoms with Crippen LogP contribution in [0.15, 0.2) is 34.2 Å². The number of rotatable bonds is 7. The van der Waals surface area contributed by atoms with Crippen LogP contribution < -0.4 is 15.6 Å². The highest BCUT2D eigenvalue weighted by atomic mass is 32.2. The van der Waals surface area contributed by atoms with E-state index in [4.69, 9.17) is 14.5 Å². The van der Waals surface area contributed by atoms with Crippen molar-refractivity contribution in [1.29, 1.82) is 0 Å². The summed E-state index contributed by atoms with van der Waals surface area (Å²) in [5.74, 6) is 0.819. The van der Waals surface area contributed by atoms with Crippen LogP contribution in [0.3, 0.4) is 0 Å². The maximum atomic E-state index is 13.7. The Hall–Kier alpha value is -2.36. The van der Waals surface area contributed by atoms with Gasteiger partial charge in [0.2, 0.25) is 5.91 Å². The van der Waals surface area contributed by atoms with Gasteiger partial charge in [0.25, 0.3) is 5.56 Å². The number of thiophene rings is 1. The normalized spacial score (nSPS) is 17.8. The summed E-state index contributed by atoms with van der Waals surface area (Å²) in [6.45, 7) is 1.28. The third-order valence-electron chi connectivity index (χ3n) is 6.17. The Morgan fingerprint density at radius 1 is 1.27 bits per heavy atom. The number of methoxy groups -OCH3 is 1. The van der Waals surface area contributed by atoms with Crippen molar-refractivity contribution in [3.05, 3.63) is 45.1 Å². The van der Waals surface area contributed by atoms with E-state index in [2.05, 4.69) is 5.32 Å². The molecule has 1 aliphatic carbocycles. The van der Waals surface area contributed by atoms with Gasteiger partial charge in [-0.25, -0.2) is 4.98 Å². The highest BCUT2D eigenvalue weighted by Crippen LogP contribution is 2.35. The van der Waals surface area contributed by atoms with Gasteiger partial charge in [-0.2, -0.15) is 0 Å². The van der Waals surface area contributed by atoms with Crippen LogP contribution in [0.4, 0.5) is 0 Å². The largest absolute Gasteiger partial charge is 0.497 e. The molecule has 0 spiro atoms. The molecule has 1 saturated heterocycles. The molecular weight excluding hydrogens is 458 g/mol. The summed E-state index contributed by atoms with van der Waals surface area (Å²) in [4.78, 5) is 33.2. The first-order chi connectivity index (χ1) is 16.1. The number of fused-ring (bicyclic) bond motifs is 3. The fourth-order valence-corrected chi connectivity index (χ4v) is 6.60. The van der Waals surface area contributed by atoms with E-state index in [1.165, 1.54) is 16.6 Å². The maximum absolute atomic E-state index is 13.7. The molecule has 1 N–H and O–H groups in total. The fourth-order valence-electron chi connectivity index (χ4n) is 4.46. The summed E-state index contributed by atoms with van der Waals surface area (Å²) < 4.78 is 12.5. The Kier molecular flexibility index (Phi) is 6.71. The quantitative estimate of drug-likeness (QED) is 0.406. The van der Waals surface area contributed by atoms with E-state index in [1.807, 2.05) is 24.3 Å². The number of amides is 1. The number of carbonyl (C=O) groups is 1. The van der Waals surface area contributed by atoms with Crippen LogP contribution >= 0.6 is 23.1 Å². The third kappa shape index (κ3) is 4.67. The van der Waals surface area contributed by atoms with Gasteiger partial charge in [0.05, 0.1) is 30.0 Å². The standard InChI is InChI=1S/C24H27N3O4S2/c1-30-16-10-8-15(9-11-16)27-23(29)21-18-6-2-3-7-19(18)33-22(21)26-24(27)32-14-20(28)25-13-17-5-4-12-31-17/h8-11,17H,2-7,12-14H2,1H3,(H,25,28). The molecule has 7 nitrogen and oxygen atoms in total. The first kappa shape index (κ1) is 22.4. The summed E-state index contributed by atoms with van der Waals surface area (Å²) in [6.07, 6.45) is 6.30. The smallest absolute Gasteiger partial charge is 0.267 e. The predicted octanol–water partition coefficient (Wildman–Crippen LogP) is 3.72. The van der Waals surface area contributed by atoms with E-state index < -0.39 is 0 Å². The average molecular weight is 486 g/mol. The number of hydrogen-bond donors (Lipinski definition) is 1. The highest BCUT2D eigenvalue weighted by Gasteiger charge is 2.23. The molecule has 2 aromatic heterocycles. The first-order valence-electron chi connectivity index (χ1n) is 11.4. The molecule has 0 saturated carbocycles. The summed E-state index contributed by atoms with van der Waals surface area (Å²) >= 11 is 2.92. The van der Waals surface area contributed by atoms with Crippen molar-refractivity contribution in [2.24, 2.45) is 0 Å². The van der Waals surface area contributed by atoms with E-state index in [0.717, 1.165) is 66.7 Å². The van der Waals surface area contributed by atoms with Crippen molar-refractivity contribution in [1.82, 2.24) is 14.9 Å². The minimum atomic E-state index is -0.0865. The van der Waals surface area contributed by atoms with Crippen molar-refractivity contribution in [2.75, 3.05) is 26.0 Å². The monoisotopic (exact) mass is 485 g/mol. The molecule has 1 fully saturated rings. The third-order valence-corrected chi connectivity index (χ3v) is 8.30. The van der Waals surface area contributed by atoms with Crippen molar-refractivity contribution in [3.8, 4) is 11.4 Å². The number of carbonyl (C=O) groups excluding carboxylic acids is 1. The van der Waals surface area contributed by atoms with E-state index in [0.29, 0.717) is 17.4 Å². The zero-order valence-electron chi connectivity index (χ0n) is 18.6. The second kappa shape index (κ2) is 9.87. The molecule has 1 aromatic carbocycles. The predicted molar refractivity (Wildman–Crippen MR) is 131 cm³/mol. The molecule has 0 radical (unpaired) electrons.